The normalized spacial score (nSPS) is 10.3. The highest BCUT2D eigenvalue weighted by Gasteiger charge is 2.06. The first-order valence-electron chi connectivity index (χ1n) is 5.93. The second kappa shape index (κ2) is 5.95. The Kier molecular flexibility index (Phi) is 4.06. The van der Waals surface area contributed by atoms with E-state index in [4.69, 9.17) is 4.74 Å². The quantitative estimate of drug-likeness (QED) is 0.598. The molecule has 2 aromatic rings. The summed E-state index contributed by atoms with van der Waals surface area (Å²) in [4.78, 5) is 15.5. The van der Waals surface area contributed by atoms with Crippen molar-refractivity contribution in [3.63, 3.8) is 0 Å². The van der Waals surface area contributed by atoms with Crippen LogP contribution in [-0.2, 0) is 4.74 Å². The van der Waals surface area contributed by atoms with Crippen LogP contribution in [0.5, 0.6) is 0 Å². The maximum absolute atomic E-state index is 11.7. The zero-order chi connectivity index (χ0) is 12.8. The van der Waals surface area contributed by atoms with E-state index in [-0.39, 0.29) is 5.97 Å². The van der Waals surface area contributed by atoms with Gasteiger partial charge in [0.2, 0.25) is 0 Å². The number of ether oxygens (including phenoxy) is 1. The number of hydrogen-bond donors (Lipinski definition) is 0. The van der Waals surface area contributed by atoms with Crippen molar-refractivity contribution < 1.29 is 9.53 Å². The lowest BCUT2D eigenvalue weighted by atomic mass is 10.2. The van der Waals surface area contributed by atoms with E-state index in [2.05, 4.69) is 17.0 Å². The SMILES string of the molecule is CCCCOC(=O)c1ccc(-n2cncn2)cc1. The fraction of sp³-hybridized carbons (Fsp3) is 0.308. The van der Waals surface area contributed by atoms with Crippen molar-refractivity contribution in [3.8, 4) is 5.69 Å². The average molecular weight is 245 g/mol. The second-order valence-corrected chi connectivity index (χ2v) is 3.88. The molecule has 94 valence electrons. The number of carbonyl (C=O) groups is 1. The van der Waals surface area contributed by atoms with Gasteiger partial charge in [-0.25, -0.2) is 14.5 Å². The summed E-state index contributed by atoms with van der Waals surface area (Å²) in [6.45, 7) is 2.53. The van der Waals surface area contributed by atoms with E-state index in [1.54, 1.807) is 23.1 Å². The number of hydrogen-bond acceptors (Lipinski definition) is 4. The van der Waals surface area contributed by atoms with Gasteiger partial charge in [0.05, 0.1) is 17.9 Å². The summed E-state index contributed by atoms with van der Waals surface area (Å²) in [5.74, 6) is -0.284. The van der Waals surface area contributed by atoms with E-state index in [0.717, 1.165) is 18.5 Å². The molecule has 0 aliphatic rings. The highest BCUT2D eigenvalue weighted by Crippen LogP contribution is 2.09. The van der Waals surface area contributed by atoms with Crippen LogP contribution in [0.1, 0.15) is 30.1 Å². The Labute approximate surface area is 105 Å². The summed E-state index contributed by atoms with van der Waals surface area (Å²) < 4.78 is 6.76. The van der Waals surface area contributed by atoms with E-state index in [1.165, 1.54) is 6.33 Å². The molecule has 5 heteroatoms. The van der Waals surface area contributed by atoms with Crippen LogP contribution in [0, 0.1) is 0 Å². The van der Waals surface area contributed by atoms with E-state index in [0.29, 0.717) is 12.2 Å². The van der Waals surface area contributed by atoms with Crippen molar-refractivity contribution in [2.24, 2.45) is 0 Å². The third-order valence-electron chi connectivity index (χ3n) is 2.52. The fourth-order valence-corrected chi connectivity index (χ4v) is 1.48. The van der Waals surface area contributed by atoms with Gasteiger partial charge in [-0.1, -0.05) is 13.3 Å². The van der Waals surface area contributed by atoms with Gasteiger partial charge in [-0.05, 0) is 30.7 Å². The van der Waals surface area contributed by atoms with E-state index in [1.807, 2.05) is 12.1 Å². The summed E-state index contributed by atoms with van der Waals surface area (Å²) in [5.41, 5.74) is 1.41. The Hall–Kier alpha value is -2.17. The Bertz CT molecular complexity index is 491. The molecule has 0 fully saturated rings. The van der Waals surface area contributed by atoms with Gasteiger partial charge in [-0.3, -0.25) is 0 Å². The standard InChI is InChI=1S/C13H15N3O2/c1-2-3-8-18-13(17)11-4-6-12(7-5-11)16-10-14-9-15-16/h4-7,9-10H,2-3,8H2,1H3. The van der Waals surface area contributed by atoms with Gasteiger partial charge >= 0.3 is 5.97 Å². The predicted molar refractivity (Wildman–Crippen MR) is 66.5 cm³/mol. The minimum Gasteiger partial charge on any atom is -0.462 e. The van der Waals surface area contributed by atoms with Crippen molar-refractivity contribution in [3.05, 3.63) is 42.5 Å². The zero-order valence-corrected chi connectivity index (χ0v) is 10.2. The highest BCUT2D eigenvalue weighted by atomic mass is 16.5. The number of aromatic nitrogens is 3. The van der Waals surface area contributed by atoms with Crippen LogP contribution in [0.25, 0.3) is 5.69 Å². The highest BCUT2D eigenvalue weighted by molar-refractivity contribution is 5.89. The largest absolute Gasteiger partial charge is 0.462 e. The smallest absolute Gasteiger partial charge is 0.338 e. The van der Waals surface area contributed by atoms with Gasteiger partial charge in [0.25, 0.3) is 0 Å². The third kappa shape index (κ3) is 2.94. The fourth-order valence-electron chi connectivity index (χ4n) is 1.48. The average Bonchev–Trinajstić information content (AvgIpc) is 2.93. The van der Waals surface area contributed by atoms with Crippen LogP contribution in [0.15, 0.2) is 36.9 Å². The molecular formula is C13H15N3O2. The number of benzene rings is 1. The van der Waals surface area contributed by atoms with Crippen LogP contribution in [0.3, 0.4) is 0 Å². The molecule has 5 nitrogen and oxygen atoms in total. The third-order valence-corrected chi connectivity index (χ3v) is 2.52. The maximum atomic E-state index is 11.7. The molecule has 18 heavy (non-hydrogen) atoms. The van der Waals surface area contributed by atoms with Crippen molar-refractivity contribution in [2.45, 2.75) is 19.8 Å². The number of unbranched alkanes of at least 4 members (excludes halogenated alkanes) is 1. The molecule has 0 aliphatic carbocycles. The molecule has 0 atom stereocenters. The summed E-state index contributed by atoms with van der Waals surface area (Å²) in [6, 6.07) is 7.08. The summed E-state index contributed by atoms with van der Waals surface area (Å²) in [7, 11) is 0. The van der Waals surface area contributed by atoms with E-state index >= 15 is 0 Å². The van der Waals surface area contributed by atoms with Crippen molar-refractivity contribution in [1.82, 2.24) is 14.8 Å². The molecular weight excluding hydrogens is 230 g/mol. The Balaban J connectivity index is 2.01. The lowest BCUT2D eigenvalue weighted by Crippen LogP contribution is -2.06. The molecule has 0 aliphatic heterocycles. The molecule has 1 aromatic carbocycles. The predicted octanol–water partition coefficient (Wildman–Crippen LogP) is 2.22. The molecule has 0 N–H and O–H groups in total. The first-order chi connectivity index (χ1) is 8.81. The van der Waals surface area contributed by atoms with Crippen molar-refractivity contribution in [2.75, 3.05) is 6.61 Å². The number of carbonyl (C=O) groups excluding carboxylic acids is 1. The molecule has 0 amide bonds. The Morgan fingerprint density at radius 2 is 2.11 bits per heavy atom. The van der Waals surface area contributed by atoms with E-state index < -0.39 is 0 Å². The maximum Gasteiger partial charge on any atom is 0.338 e. The Morgan fingerprint density at radius 3 is 2.72 bits per heavy atom. The van der Waals surface area contributed by atoms with Crippen LogP contribution in [-0.4, -0.2) is 27.3 Å². The monoisotopic (exact) mass is 245 g/mol. The number of nitrogens with zero attached hydrogens (tertiary/aromatic N) is 3. The summed E-state index contributed by atoms with van der Waals surface area (Å²) in [6.07, 6.45) is 4.97. The molecule has 0 radical (unpaired) electrons. The first kappa shape index (κ1) is 12.3. The van der Waals surface area contributed by atoms with Crippen molar-refractivity contribution in [1.29, 1.82) is 0 Å². The van der Waals surface area contributed by atoms with Crippen LogP contribution in [0.4, 0.5) is 0 Å². The number of rotatable bonds is 5. The molecule has 1 aromatic heterocycles. The van der Waals surface area contributed by atoms with Gasteiger partial charge < -0.3 is 4.74 Å². The van der Waals surface area contributed by atoms with Gasteiger partial charge in [0.1, 0.15) is 12.7 Å². The lowest BCUT2D eigenvalue weighted by molar-refractivity contribution is 0.0500. The van der Waals surface area contributed by atoms with Crippen LogP contribution >= 0.6 is 0 Å². The van der Waals surface area contributed by atoms with Gasteiger partial charge in [0, 0.05) is 0 Å². The summed E-state index contributed by atoms with van der Waals surface area (Å²) in [5, 5.41) is 4.01. The van der Waals surface area contributed by atoms with Gasteiger partial charge in [-0.15, -0.1) is 0 Å². The molecule has 0 saturated carbocycles. The second-order valence-electron chi connectivity index (χ2n) is 3.88. The van der Waals surface area contributed by atoms with Crippen molar-refractivity contribution >= 4 is 5.97 Å². The molecule has 0 unspecified atom stereocenters. The van der Waals surface area contributed by atoms with Crippen LogP contribution < -0.4 is 0 Å². The van der Waals surface area contributed by atoms with Gasteiger partial charge in [-0.2, -0.15) is 5.10 Å². The van der Waals surface area contributed by atoms with Gasteiger partial charge in [0.15, 0.2) is 0 Å². The minimum absolute atomic E-state index is 0.284. The zero-order valence-electron chi connectivity index (χ0n) is 10.2. The topological polar surface area (TPSA) is 57.0 Å². The molecule has 0 bridgehead atoms. The number of esters is 1. The molecule has 2 rings (SSSR count). The molecule has 1 heterocycles. The summed E-state index contributed by atoms with van der Waals surface area (Å²) >= 11 is 0. The van der Waals surface area contributed by atoms with Crippen LogP contribution in [0.2, 0.25) is 0 Å². The lowest BCUT2D eigenvalue weighted by Gasteiger charge is -2.05. The molecule has 0 saturated heterocycles. The Morgan fingerprint density at radius 1 is 1.33 bits per heavy atom. The minimum atomic E-state index is -0.284. The van der Waals surface area contributed by atoms with E-state index in [9.17, 15) is 4.79 Å². The first-order valence-corrected chi connectivity index (χ1v) is 5.93. The molecule has 0 spiro atoms.